The zero-order chi connectivity index (χ0) is 21.8. The van der Waals surface area contributed by atoms with Crippen LogP contribution in [0.5, 0.6) is 0 Å². The van der Waals surface area contributed by atoms with E-state index in [0.717, 1.165) is 41.7 Å². The van der Waals surface area contributed by atoms with Crippen LogP contribution in [0.1, 0.15) is 35.5 Å². The summed E-state index contributed by atoms with van der Waals surface area (Å²) >= 11 is 8.29. The van der Waals surface area contributed by atoms with E-state index in [-0.39, 0.29) is 5.91 Å². The Bertz CT molecular complexity index is 1130. The molecule has 3 aromatic rings. The Kier molecular flexibility index (Phi) is 6.68. The number of thiophene rings is 1. The number of thiocarbonyl (C=S) groups is 1. The zero-order valence-corrected chi connectivity index (χ0v) is 19.2. The lowest BCUT2D eigenvalue weighted by Gasteiger charge is -2.13. The van der Waals surface area contributed by atoms with Crippen LogP contribution in [-0.4, -0.2) is 52.3 Å². The van der Waals surface area contributed by atoms with Crippen LogP contribution >= 0.6 is 35.3 Å². The average molecular weight is 473 g/mol. The van der Waals surface area contributed by atoms with Crippen molar-refractivity contribution in [2.24, 2.45) is 0 Å². The molecule has 160 valence electrons. The van der Waals surface area contributed by atoms with Gasteiger partial charge in [-0.05, 0) is 31.9 Å². The third-order valence-electron chi connectivity index (χ3n) is 4.71. The molecule has 0 saturated carbocycles. The van der Waals surface area contributed by atoms with Crippen molar-refractivity contribution in [3.63, 3.8) is 0 Å². The van der Waals surface area contributed by atoms with Crippen LogP contribution in [0.3, 0.4) is 0 Å². The van der Waals surface area contributed by atoms with Crippen molar-refractivity contribution < 1.29 is 4.79 Å². The summed E-state index contributed by atoms with van der Waals surface area (Å²) in [5.41, 5.74) is 7.61. The van der Waals surface area contributed by atoms with Crippen LogP contribution in [0.4, 0.5) is 5.82 Å². The highest BCUT2D eigenvalue weighted by molar-refractivity contribution is 8.26. The second-order valence-electron chi connectivity index (χ2n) is 6.97. The Labute approximate surface area is 192 Å². The quantitative estimate of drug-likeness (QED) is 0.288. The largest absolute Gasteiger partial charge is 0.383 e. The summed E-state index contributed by atoms with van der Waals surface area (Å²) in [7, 11) is 0. The number of aromatic amines is 1. The molecular formula is C19H20N8OS3. The average Bonchev–Trinajstić information content (AvgIpc) is 3.48. The zero-order valence-electron chi connectivity index (χ0n) is 16.7. The summed E-state index contributed by atoms with van der Waals surface area (Å²) in [6.07, 6.45) is 7.12. The fraction of sp³-hybridized carbons (Fsp3) is 0.316. The molecule has 0 spiro atoms. The fourth-order valence-corrected chi connectivity index (χ4v) is 5.17. The SMILES string of the molecule is Cc1cnc(-c2csc(C=C3SC(=S)N(CCCCCc4nn[nH]n4)C3=O)c2)nc1N. The van der Waals surface area contributed by atoms with Crippen molar-refractivity contribution >= 4 is 57.4 Å². The van der Waals surface area contributed by atoms with Crippen molar-refractivity contribution in [3.8, 4) is 11.4 Å². The minimum absolute atomic E-state index is 0.0426. The molecule has 1 amide bonds. The standard InChI is InChI=1S/C19H20N8OS3/c1-11-9-21-17(22-16(11)20)12-7-13(30-10-12)8-14-18(28)27(19(29)31-14)6-4-2-3-5-15-23-25-26-24-15/h7-10H,2-6H2,1H3,(H2,20,21,22)(H,23,24,25,26). The number of H-pyrrole nitrogens is 1. The van der Waals surface area contributed by atoms with Crippen LogP contribution in [0.2, 0.25) is 0 Å². The maximum absolute atomic E-state index is 12.8. The van der Waals surface area contributed by atoms with Gasteiger partial charge in [-0.15, -0.1) is 21.5 Å². The van der Waals surface area contributed by atoms with E-state index in [1.54, 1.807) is 11.1 Å². The molecule has 0 aromatic carbocycles. The Hall–Kier alpha value is -2.70. The number of nitrogens with two attached hydrogens (primary N) is 1. The van der Waals surface area contributed by atoms with E-state index in [0.29, 0.717) is 33.2 Å². The first-order valence-electron chi connectivity index (χ1n) is 9.67. The van der Waals surface area contributed by atoms with Gasteiger partial charge in [0.25, 0.3) is 5.91 Å². The van der Waals surface area contributed by atoms with E-state index in [9.17, 15) is 4.79 Å². The van der Waals surface area contributed by atoms with Gasteiger partial charge in [0.05, 0.1) is 4.91 Å². The smallest absolute Gasteiger partial charge is 0.266 e. The molecule has 3 aromatic heterocycles. The van der Waals surface area contributed by atoms with Crippen LogP contribution in [0.15, 0.2) is 22.5 Å². The van der Waals surface area contributed by atoms with Gasteiger partial charge in [0, 0.05) is 40.5 Å². The van der Waals surface area contributed by atoms with E-state index in [1.807, 2.05) is 24.4 Å². The second-order valence-corrected chi connectivity index (χ2v) is 9.59. The molecule has 9 nitrogen and oxygen atoms in total. The number of thioether (sulfide) groups is 1. The van der Waals surface area contributed by atoms with Crippen LogP contribution in [0, 0.1) is 6.92 Å². The normalized spacial score (nSPS) is 15.4. The van der Waals surface area contributed by atoms with Crippen LogP contribution < -0.4 is 5.73 Å². The van der Waals surface area contributed by atoms with Gasteiger partial charge in [-0.2, -0.15) is 5.21 Å². The lowest BCUT2D eigenvalue weighted by molar-refractivity contribution is -0.122. The number of aryl methyl sites for hydroxylation is 2. The Morgan fingerprint density at radius 2 is 2.19 bits per heavy atom. The number of amides is 1. The van der Waals surface area contributed by atoms with E-state index >= 15 is 0 Å². The number of hydrogen-bond acceptors (Lipinski definition) is 10. The first-order valence-corrected chi connectivity index (χ1v) is 11.8. The van der Waals surface area contributed by atoms with Crippen molar-refractivity contribution in [2.75, 3.05) is 12.3 Å². The van der Waals surface area contributed by atoms with Gasteiger partial charge in [0.1, 0.15) is 10.1 Å². The third-order valence-corrected chi connectivity index (χ3v) is 6.96. The van der Waals surface area contributed by atoms with E-state index in [1.165, 1.54) is 23.1 Å². The Morgan fingerprint density at radius 1 is 1.32 bits per heavy atom. The predicted molar refractivity (Wildman–Crippen MR) is 126 cm³/mol. The number of nitrogens with one attached hydrogen (secondary N) is 1. The molecule has 1 aliphatic rings. The van der Waals surface area contributed by atoms with Gasteiger partial charge >= 0.3 is 0 Å². The first kappa shape index (κ1) is 21.5. The summed E-state index contributed by atoms with van der Waals surface area (Å²) < 4.78 is 0.598. The minimum atomic E-state index is -0.0426. The summed E-state index contributed by atoms with van der Waals surface area (Å²) in [5.74, 6) is 1.71. The molecular weight excluding hydrogens is 452 g/mol. The van der Waals surface area contributed by atoms with Crippen molar-refractivity contribution in [1.29, 1.82) is 0 Å². The third kappa shape index (κ3) is 5.14. The molecule has 1 aliphatic heterocycles. The number of carbonyl (C=O) groups excluding carboxylic acids is 1. The molecule has 0 bridgehead atoms. The number of tetrazole rings is 1. The molecule has 3 N–H and O–H groups in total. The van der Waals surface area contributed by atoms with Crippen LogP contribution in [0.25, 0.3) is 17.5 Å². The lowest BCUT2D eigenvalue weighted by Crippen LogP contribution is -2.29. The highest BCUT2D eigenvalue weighted by Crippen LogP contribution is 2.34. The number of carbonyl (C=O) groups is 1. The fourth-order valence-electron chi connectivity index (χ4n) is 2.98. The van der Waals surface area contributed by atoms with Gasteiger partial charge in [-0.3, -0.25) is 9.69 Å². The van der Waals surface area contributed by atoms with E-state index in [2.05, 4.69) is 30.6 Å². The van der Waals surface area contributed by atoms with Crippen molar-refractivity contribution in [3.05, 3.63) is 38.8 Å². The molecule has 12 heteroatoms. The predicted octanol–water partition coefficient (Wildman–Crippen LogP) is 3.22. The van der Waals surface area contributed by atoms with Gasteiger partial charge in [-0.1, -0.05) is 35.6 Å². The van der Waals surface area contributed by atoms with Crippen LogP contribution in [-0.2, 0) is 11.2 Å². The highest BCUT2D eigenvalue weighted by atomic mass is 32.2. The summed E-state index contributed by atoms with van der Waals surface area (Å²) in [4.78, 5) is 24.7. The van der Waals surface area contributed by atoms with Gasteiger partial charge in [0.15, 0.2) is 11.6 Å². The number of unbranched alkanes of at least 4 members (excludes halogenated alkanes) is 2. The molecule has 1 saturated heterocycles. The van der Waals surface area contributed by atoms with Crippen molar-refractivity contribution in [2.45, 2.75) is 32.6 Å². The van der Waals surface area contributed by atoms with Gasteiger partial charge in [0.2, 0.25) is 0 Å². The topological polar surface area (TPSA) is 127 Å². The molecule has 4 rings (SSSR count). The number of anilines is 1. The van der Waals surface area contributed by atoms with Gasteiger partial charge in [-0.25, -0.2) is 9.97 Å². The molecule has 4 heterocycles. The molecule has 31 heavy (non-hydrogen) atoms. The number of nitrogen functional groups attached to an aromatic ring is 1. The summed E-state index contributed by atoms with van der Waals surface area (Å²) in [6.45, 7) is 2.48. The Balaban J connectivity index is 1.34. The first-order chi connectivity index (χ1) is 15.0. The number of aromatic nitrogens is 6. The Morgan fingerprint density at radius 3 is 2.97 bits per heavy atom. The number of rotatable bonds is 8. The molecule has 1 fully saturated rings. The van der Waals surface area contributed by atoms with Crippen molar-refractivity contribution in [1.82, 2.24) is 35.5 Å². The number of hydrogen-bond donors (Lipinski definition) is 2. The minimum Gasteiger partial charge on any atom is -0.383 e. The maximum atomic E-state index is 12.8. The highest BCUT2D eigenvalue weighted by Gasteiger charge is 2.31. The summed E-state index contributed by atoms with van der Waals surface area (Å²) in [6, 6.07) is 1.96. The maximum Gasteiger partial charge on any atom is 0.266 e. The van der Waals surface area contributed by atoms with E-state index < -0.39 is 0 Å². The van der Waals surface area contributed by atoms with Gasteiger partial charge < -0.3 is 5.73 Å². The second kappa shape index (κ2) is 9.62. The molecule has 0 aliphatic carbocycles. The number of nitrogens with zero attached hydrogens (tertiary/aromatic N) is 6. The summed E-state index contributed by atoms with van der Waals surface area (Å²) in [5, 5.41) is 15.8. The van der Waals surface area contributed by atoms with E-state index in [4.69, 9.17) is 18.0 Å². The molecule has 0 unspecified atom stereocenters. The molecule has 0 radical (unpaired) electrons. The lowest BCUT2D eigenvalue weighted by atomic mass is 10.2. The monoisotopic (exact) mass is 472 g/mol. The molecule has 0 atom stereocenters.